The Labute approximate surface area is 126 Å². The van der Waals surface area contributed by atoms with Crippen LogP contribution in [0.25, 0.3) is 0 Å². The van der Waals surface area contributed by atoms with Crippen LogP contribution in [-0.2, 0) is 0 Å². The van der Waals surface area contributed by atoms with Crippen LogP contribution in [0.1, 0.15) is 12.8 Å². The molecule has 0 aliphatic carbocycles. The van der Waals surface area contributed by atoms with Gasteiger partial charge in [0, 0.05) is 18.8 Å². The second-order valence-electron chi connectivity index (χ2n) is 5.20. The molecule has 0 bridgehead atoms. The molecule has 0 aromatic heterocycles. The Kier molecular flexibility index (Phi) is 4.62. The predicted octanol–water partition coefficient (Wildman–Crippen LogP) is 3.74. The van der Waals surface area contributed by atoms with Crippen LogP contribution in [0.5, 0.6) is 11.5 Å². The zero-order chi connectivity index (χ0) is 14.3. The van der Waals surface area contributed by atoms with E-state index < -0.39 is 0 Å². The molecule has 2 aromatic rings. The van der Waals surface area contributed by atoms with E-state index in [1.807, 2.05) is 42.5 Å². The summed E-state index contributed by atoms with van der Waals surface area (Å²) in [5, 5.41) is 0. The van der Waals surface area contributed by atoms with Crippen LogP contribution < -0.4 is 14.4 Å². The van der Waals surface area contributed by atoms with Crippen LogP contribution >= 0.6 is 0 Å². The van der Waals surface area contributed by atoms with Crippen molar-refractivity contribution in [3.63, 3.8) is 0 Å². The monoisotopic (exact) mass is 283 g/mol. The molecule has 3 nitrogen and oxygen atoms in total. The van der Waals surface area contributed by atoms with Gasteiger partial charge in [0.05, 0.1) is 0 Å². The summed E-state index contributed by atoms with van der Waals surface area (Å²) in [6.07, 6.45) is 2.60. The van der Waals surface area contributed by atoms with Crippen LogP contribution in [0.4, 0.5) is 5.69 Å². The van der Waals surface area contributed by atoms with Gasteiger partial charge in [-0.25, -0.2) is 0 Å². The fourth-order valence-electron chi connectivity index (χ4n) is 2.56. The molecule has 1 heterocycles. The van der Waals surface area contributed by atoms with Gasteiger partial charge in [0.25, 0.3) is 0 Å². The summed E-state index contributed by atoms with van der Waals surface area (Å²) in [5.74, 6) is 1.78. The highest BCUT2D eigenvalue weighted by Gasteiger charge is 2.11. The SMILES string of the molecule is c1ccc(OCCOc2ccc(N3CCCC3)cc2)cc1. The van der Waals surface area contributed by atoms with E-state index in [1.165, 1.54) is 31.6 Å². The summed E-state index contributed by atoms with van der Waals surface area (Å²) in [7, 11) is 0. The van der Waals surface area contributed by atoms with Gasteiger partial charge in [0.1, 0.15) is 24.7 Å². The van der Waals surface area contributed by atoms with E-state index in [9.17, 15) is 0 Å². The first-order valence-electron chi connectivity index (χ1n) is 7.57. The van der Waals surface area contributed by atoms with E-state index in [2.05, 4.69) is 17.0 Å². The highest BCUT2D eigenvalue weighted by atomic mass is 16.5. The molecule has 0 saturated carbocycles. The second kappa shape index (κ2) is 7.02. The summed E-state index contributed by atoms with van der Waals surface area (Å²) in [5.41, 5.74) is 1.29. The molecular weight excluding hydrogens is 262 g/mol. The van der Waals surface area contributed by atoms with E-state index in [-0.39, 0.29) is 0 Å². The molecule has 0 N–H and O–H groups in total. The lowest BCUT2D eigenvalue weighted by molar-refractivity contribution is 0.217. The first-order valence-corrected chi connectivity index (χ1v) is 7.57. The molecular formula is C18H21NO2. The number of rotatable bonds is 6. The van der Waals surface area contributed by atoms with Gasteiger partial charge in [-0.1, -0.05) is 18.2 Å². The number of para-hydroxylation sites is 1. The van der Waals surface area contributed by atoms with Gasteiger partial charge in [-0.05, 0) is 49.2 Å². The Hall–Kier alpha value is -2.16. The van der Waals surface area contributed by atoms with Crippen molar-refractivity contribution in [1.29, 1.82) is 0 Å². The highest BCUT2D eigenvalue weighted by molar-refractivity contribution is 5.49. The van der Waals surface area contributed by atoms with Crippen LogP contribution in [0.3, 0.4) is 0 Å². The Morgan fingerprint density at radius 1 is 0.714 bits per heavy atom. The lowest BCUT2D eigenvalue weighted by Gasteiger charge is -2.17. The molecule has 0 unspecified atom stereocenters. The van der Waals surface area contributed by atoms with Crippen LogP contribution in [0.15, 0.2) is 54.6 Å². The van der Waals surface area contributed by atoms with Gasteiger partial charge in [0.15, 0.2) is 0 Å². The Morgan fingerprint density at radius 2 is 1.29 bits per heavy atom. The van der Waals surface area contributed by atoms with E-state index in [4.69, 9.17) is 9.47 Å². The van der Waals surface area contributed by atoms with E-state index in [0.29, 0.717) is 13.2 Å². The zero-order valence-electron chi connectivity index (χ0n) is 12.2. The minimum Gasteiger partial charge on any atom is -0.490 e. The van der Waals surface area contributed by atoms with Gasteiger partial charge < -0.3 is 14.4 Å². The molecule has 1 aliphatic rings. The van der Waals surface area contributed by atoms with Crippen LogP contribution in [-0.4, -0.2) is 26.3 Å². The van der Waals surface area contributed by atoms with Crippen LogP contribution in [0, 0.1) is 0 Å². The molecule has 1 aliphatic heterocycles. The zero-order valence-corrected chi connectivity index (χ0v) is 12.2. The summed E-state index contributed by atoms with van der Waals surface area (Å²) in [6, 6.07) is 18.2. The normalized spacial score (nSPS) is 14.2. The summed E-state index contributed by atoms with van der Waals surface area (Å²) >= 11 is 0. The van der Waals surface area contributed by atoms with Gasteiger partial charge >= 0.3 is 0 Å². The molecule has 21 heavy (non-hydrogen) atoms. The first-order chi connectivity index (χ1) is 10.4. The maximum atomic E-state index is 5.70. The third kappa shape index (κ3) is 3.91. The molecule has 3 rings (SSSR count). The molecule has 2 aromatic carbocycles. The predicted molar refractivity (Wildman–Crippen MR) is 85.3 cm³/mol. The van der Waals surface area contributed by atoms with Crippen molar-refractivity contribution in [2.45, 2.75) is 12.8 Å². The average Bonchev–Trinajstić information content (AvgIpc) is 3.08. The van der Waals surface area contributed by atoms with Gasteiger partial charge in [-0.3, -0.25) is 0 Å². The Balaban J connectivity index is 1.43. The van der Waals surface area contributed by atoms with Crippen molar-refractivity contribution in [2.24, 2.45) is 0 Å². The lowest BCUT2D eigenvalue weighted by atomic mass is 10.3. The third-order valence-electron chi connectivity index (χ3n) is 3.67. The maximum Gasteiger partial charge on any atom is 0.122 e. The summed E-state index contributed by atoms with van der Waals surface area (Å²) in [4.78, 5) is 2.42. The van der Waals surface area contributed by atoms with Crippen molar-refractivity contribution >= 4 is 5.69 Å². The number of nitrogens with zero attached hydrogens (tertiary/aromatic N) is 1. The van der Waals surface area contributed by atoms with Gasteiger partial charge in [0.2, 0.25) is 0 Å². The highest BCUT2D eigenvalue weighted by Crippen LogP contribution is 2.22. The molecule has 0 spiro atoms. The fourth-order valence-corrected chi connectivity index (χ4v) is 2.56. The average molecular weight is 283 g/mol. The number of hydrogen-bond donors (Lipinski definition) is 0. The number of benzene rings is 2. The molecule has 110 valence electrons. The first kappa shape index (κ1) is 13.8. The van der Waals surface area contributed by atoms with Gasteiger partial charge in [-0.2, -0.15) is 0 Å². The van der Waals surface area contributed by atoms with Crippen LogP contribution in [0.2, 0.25) is 0 Å². The smallest absolute Gasteiger partial charge is 0.122 e. The summed E-state index contributed by atoms with van der Waals surface area (Å²) in [6.45, 7) is 3.45. The molecule has 0 amide bonds. The topological polar surface area (TPSA) is 21.7 Å². The van der Waals surface area contributed by atoms with E-state index in [1.54, 1.807) is 0 Å². The Morgan fingerprint density at radius 3 is 1.90 bits per heavy atom. The number of anilines is 1. The molecule has 1 saturated heterocycles. The standard InChI is InChI=1S/C18H21NO2/c1-2-6-17(7-3-1)20-14-15-21-18-10-8-16(9-11-18)19-12-4-5-13-19/h1-3,6-11H,4-5,12-15H2. The van der Waals surface area contributed by atoms with E-state index >= 15 is 0 Å². The number of hydrogen-bond acceptors (Lipinski definition) is 3. The van der Waals surface area contributed by atoms with Crippen molar-refractivity contribution in [1.82, 2.24) is 0 Å². The van der Waals surface area contributed by atoms with E-state index in [0.717, 1.165) is 11.5 Å². The van der Waals surface area contributed by atoms with Crippen molar-refractivity contribution in [2.75, 3.05) is 31.2 Å². The van der Waals surface area contributed by atoms with Crippen molar-refractivity contribution in [3.05, 3.63) is 54.6 Å². The largest absolute Gasteiger partial charge is 0.490 e. The Bertz CT molecular complexity index is 533. The third-order valence-corrected chi connectivity index (χ3v) is 3.67. The molecule has 3 heteroatoms. The quantitative estimate of drug-likeness (QED) is 0.754. The summed E-state index contributed by atoms with van der Waals surface area (Å²) < 4.78 is 11.3. The molecule has 0 radical (unpaired) electrons. The van der Waals surface area contributed by atoms with Crippen molar-refractivity contribution in [3.8, 4) is 11.5 Å². The molecule has 1 fully saturated rings. The van der Waals surface area contributed by atoms with Crippen molar-refractivity contribution < 1.29 is 9.47 Å². The lowest BCUT2D eigenvalue weighted by Crippen LogP contribution is -2.17. The number of ether oxygens (including phenoxy) is 2. The minimum absolute atomic E-state index is 0.553. The molecule has 0 atom stereocenters. The minimum atomic E-state index is 0.553. The van der Waals surface area contributed by atoms with Gasteiger partial charge in [-0.15, -0.1) is 0 Å². The fraction of sp³-hybridized carbons (Fsp3) is 0.333. The maximum absolute atomic E-state index is 5.70. The second-order valence-corrected chi connectivity index (χ2v) is 5.20.